The number of hydrogen-bond donors (Lipinski definition) is 7. The molecule has 4 aromatic rings. The topological polar surface area (TPSA) is 323 Å². The van der Waals surface area contributed by atoms with Gasteiger partial charge in [0.1, 0.15) is 36.0 Å². The minimum atomic E-state index is -5.03. The second-order valence-electron chi connectivity index (χ2n) is 10.4. The zero-order valence-electron chi connectivity index (χ0n) is 22.7. The van der Waals surface area contributed by atoms with E-state index in [0.29, 0.717) is 11.2 Å². The lowest BCUT2D eigenvalue weighted by Crippen LogP contribution is -2.42. The first-order chi connectivity index (χ1) is 21.3. The first-order valence-electron chi connectivity index (χ1n) is 13.2. The molecule has 3 saturated heterocycles. The highest BCUT2D eigenvalue weighted by Crippen LogP contribution is 2.53. The van der Waals surface area contributed by atoms with Crippen molar-refractivity contribution in [3.8, 4) is 0 Å². The smallest absolute Gasteiger partial charge is 0.397 e. The third-order valence-corrected chi connectivity index (χ3v) is 9.49. The average molecular weight is 672 g/mol. The molecule has 0 saturated carbocycles. The fourth-order valence-electron chi connectivity index (χ4n) is 5.43. The third kappa shape index (κ3) is 5.33. The Morgan fingerprint density at radius 3 is 2.24 bits per heavy atom. The second kappa shape index (κ2) is 10.9. The minimum absolute atomic E-state index is 0.0694. The lowest BCUT2D eigenvalue weighted by atomic mass is 10.1. The number of ether oxygens (including phenoxy) is 2. The van der Waals surface area contributed by atoms with Crippen LogP contribution in [0.3, 0.4) is 0 Å². The monoisotopic (exact) mass is 672 g/mol. The molecule has 0 aliphatic carbocycles. The third-order valence-electron chi connectivity index (χ3n) is 7.52. The van der Waals surface area contributed by atoms with Crippen molar-refractivity contribution in [3.63, 3.8) is 0 Å². The van der Waals surface area contributed by atoms with E-state index in [2.05, 4.69) is 24.9 Å². The SMILES string of the molecule is Nc1nc2c(ncn2[C@@H]2O[C@@H]3COP(=O)(O)O[C@@H]4C(COP(=O)(O)O[C@@H]2[C@@H]3N)O[C@@H](n2cnc3c(N)ccnc32)[C@@H]4O)c(=O)[nH]1. The van der Waals surface area contributed by atoms with E-state index < -0.39 is 83.4 Å². The van der Waals surface area contributed by atoms with Crippen molar-refractivity contribution in [2.24, 2.45) is 5.73 Å². The van der Waals surface area contributed by atoms with E-state index in [4.69, 9.17) is 44.8 Å². The van der Waals surface area contributed by atoms with Gasteiger partial charge >= 0.3 is 15.6 Å². The average Bonchev–Trinajstić information content (AvgIpc) is 3.72. The molecule has 0 spiro atoms. The molecule has 22 nitrogen and oxygen atoms in total. The van der Waals surface area contributed by atoms with Crippen LogP contribution in [0.15, 0.2) is 29.7 Å². The van der Waals surface area contributed by atoms with Crippen LogP contribution in [-0.4, -0.2) is 98.7 Å². The fourth-order valence-corrected chi connectivity index (χ4v) is 7.34. The number of anilines is 2. The van der Waals surface area contributed by atoms with Gasteiger partial charge in [0.2, 0.25) is 5.95 Å². The van der Waals surface area contributed by atoms with Gasteiger partial charge in [-0.25, -0.2) is 24.1 Å². The Hall–Kier alpha value is -3.37. The van der Waals surface area contributed by atoms with Crippen LogP contribution >= 0.6 is 15.6 Å². The van der Waals surface area contributed by atoms with Gasteiger partial charge in [-0.1, -0.05) is 0 Å². The number of H-pyrrole nitrogens is 1. The normalized spacial score (nSPS) is 37.7. The Morgan fingerprint density at radius 2 is 1.51 bits per heavy atom. The summed E-state index contributed by atoms with van der Waals surface area (Å²) in [7, 11) is -10.0. The number of imidazole rings is 2. The number of pyridine rings is 1. The number of aromatic nitrogens is 7. The van der Waals surface area contributed by atoms with Gasteiger partial charge in [-0.2, -0.15) is 4.98 Å². The summed E-state index contributed by atoms with van der Waals surface area (Å²) in [6.07, 6.45) is -6.29. The van der Waals surface area contributed by atoms with Crippen LogP contribution in [0.4, 0.5) is 11.6 Å². The van der Waals surface area contributed by atoms with Gasteiger partial charge in [0.15, 0.2) is 29.3 Å². The molecule has 10 atom stereocenters. The van der Waals surface area contributed by atoms with Crippen LogP contribution in [0.25, 0.3) is 22.3 Å². The molecule has 10 N–H and O–H groups in total. The number of aromatic amines is 1. The number of phosphoric acid groups is 2. The fraction of sp³-hybridized carbons (Fsp3) is 0.476. The molecule has 24 heteroatoms. The van der Waals surface area contributed by atoms with Crippen molar-refractivity contribution < 1.29 is 51.6 Å². The number of rotatable bonds is 2. The standard InChI is InChI=1S/C21H26N10O12P2/c22-7-1-2-25-16-11(7)26-5-30(16)19-13(32)14-9(41-19)4-39-45(36,37)43-15-10(23)8(3-38-44(34,35)42-14)40-20(15)31-6-27-12-17(31)28-21(24)29-18(12)33/h1-2,5-6,8-10,13-15,19-20,32H,3-4,23H2,(H2,22,25)(H,34,35)(H,36,37)(H3,24,28,29,33)/t8-,9?,10-,13-,14-,15-,19-,20-/m1/s1. The maximum absolute atomic E-state index is 13.2. The van der Waals surface area contributed by atoms with Gasteiger partial charge in [0.25, 0.3) is 5.56 Å². The van der Waals surface area contributed by atoms with Crippen molar-refractivity contribution in [3.05, 3.63) is 35.3 Å². The molecule has 45 heavy (non-hydrogen) atoms. The number of nitrogen functional groups attached to an aromatic ring is 2. The molecule has 242 valence electrons. The summed E-state index contributed by atoms with van der Waals surface area (Å²) in [5, 5.41) is 11.2. The van der Waals surface area contributed by atoms with Crippen molar-refractivity contribution in [1.29, 1.82) is 0 Å². The number of nitrogens with zero attached hydrogens (tertiary/aromatic N) is 6. The molecule has 3 aliphatic rings. The van der Waals surface area contributed by atoms with Crippen molar-refractivity contribution in [2.75, 3.05) is 24.7 Å². The van der Waals surface area contributed by atoms with Gasteiger partial charge < -0.3 is 41.6 Å². The Balaban J connectivity index is 1.21. The van der Waals surface area contributed by atoms with Gasteiger partial charge in [0, 0.05) is 6.20 Å². The molecular weight excluding hydrogens is 646 g/mol. The molecule has 0 radical (unpaired) electrons. The Bertz CT molecular complexity index is 1940. The predicted octanol–water partition coefficient (Wildman–Crippen LogP) is -1.77. The number of fused-ring (bicyclic) bond motifs is 5. The van der Waals surface area contributed by atoms with Crippen molar-refractivity contribution in [1.82, 2.24) is 34.1 Å². The van der Waals surface area contributed by atoms with Crippen LogP contribution in [0.1, 0.15) is 12.5 Å². The van der Waals surface area contributed by atoms with Crippen LogP contribution in [0, 0.1) is 0 Å². The highest BCUT2D eigenvalue weighted by Gasteiger charge is 2.53. The summed E-state index contributed by atoms with van der Waals surface area (Å²) < 4.78 is 61.8. The molecular formula is C21H26N10O12P2. The zero-order valence-corrected chi connectivity index (χ0v) is 24.5. The minimum Gasteiger partial charge on any atom is -0.397 e. The number of nitrogens with one attached hydrogen (secondary N) is 1. The van der Waals surface area contributed by atoms with E-state index in [1.54, 1.807) is 0 Å². The first kappa shape index (κ1) is 30.3. The van der Waals surface area contributed by atoms with Crippen molar-refractivity contribution >= 4 is 49.6 Å². The molecule has 3 unspecified atom stereocenters. The second-order valence-corrected chi connectivity index (χ2v) is 13.2. The van der Waals surface area contributed by atoms with Crippen LogP contribution < -0.4 is 22.8 Å². The Labute approximate surface area is 250 Å². The summed E-state index contributed by atoms with van der Waals surface area (Å²) in [6, 6.07) is 0.252. The Kier molecular flexibility index (Phi) is 7.32. The van der Waals surface area contributed by atoms with Crippen molar-refractivity contribution in [2.45, 2.75) is 49.0 Å². The molecule has 3 aliphatic heterocycles. The molecule has 2 bridgehead atoms. The molecule has 0 amide bonds. The van der Waals surface area contributed by atoms with Crippen LogP contribution in [0.2, 0.25) is 0 Å². The van der Waals surface area contributed by atoms with Gasteiger partial charge in [0.05, 0.1) is 37.6 Å². The lowest BCUT2D eigenvalue weighted by molar-refractivity contribution is -0.0670. The van der Waals surface area contributed by atoms with E-state index in [1.807, 2.05) is 0 Å². The summed E-state index contributed by atoms with van der Waals surface area (Å²) >= 11 is 0. The van der Waals surface area contributed by atoms with E-state index in [1.165, 1.54) is 27.7 Å². The zero-order chi connectivity index (χ0) is 31.8. The molecule has 7 rings (SSSR count). The molecule has 4 aromatic heterocycles. The van der Waals surface area contributed by atoms with Gasteiger partial charge in [-0.15, -0.1) is 0 Å². The largest absolute Gasteiger partial charge is 0.472 e. The predicted molar refractivity (Wildman–Crippen MR) is 148 cm³/mol. The number of phosphoric ester groups is 2. The summed E-state index contributed by atoms with van der Waals surface area (Å²) in [5.74, 6) is -0.250. The Morgan fingerprint density at radius 1 is 0.889 bits per heavy atom. The molecule has 7 heterocycles. The number of nitrogens with two attached hydrogens (primary N) is 3. The maximum Gasteiger partial charge on any atom is 0.472 e. The van der Waals surface area contributed by atoms with Gasteiger partial charge in [-0.05, 0) is 6.07 Å². The van der Waals surface area contributed by atoms with E-state index >= 15 is 0 Å². The van der Waals surface area contributed by atoms with Gasteiger partial charge in [-0.3, -0.25) is 37.0 Å². The lowest BCUT2D eigenvalue weighted by Gasteiger charge is -2.26. The quantitative estimate of drug-likeness (QED) is 0.116. The summed E-state index contributed by atoms with van der Waals surface area (Å²) in [6.45, 7) is -1.47. The molecule has 0 aromatic carbocycles. The van der Waals surface area contributed by atoms with E-state index in [9.17, 15) is 28.8 Å². The number of aliphatic hydroxyl groups is 1. The number of aliphatic hydroxyl groups excluding tert-OH is 1. The van der Waals surface area contributed by atoms with E-state index in [0.717, 1.165) is 6.33 Å². The maximum atomic E-state index is 13.2. The number of hydrogen-bond acceptors (Lipinski definition) is 17. The highest BCUT2D eigenvalue weighted by atomic mass is 31.2. The van der Waals surface area contributed by atoms with Crippen LogP contribution in [0.5, 0.6) is 0 Å². The molecule has 3 fully saturated rings. The van der Waals surface area contributed by atoms with Crippen LogP contribution in [-0.2, 0) is 36.7 Å². The first-order valence-corrected chi connectivity index (χ1v) is 16.2. The summed E-state index contributed by atoms with van der Waals surface area (Å²) in [4.78, 5) is 52.4. The van der Waals surface area contributed by atoms with E-state index in [-0.39, 0.29) is 22.8 Å². The highest BCUT2D eigenvalue weighted by molar-refractivity contribution is 7.47. The summed E-state index contributed by atoms with van der Waals surface area (Å²) in [5.41, 5.74) is 17.9.